The summed E-state index contributed by atoms with van der Waals surface area (Å²) in [5, 5.41) is 3.23. The molecular formula is C21H14Cl2F3NO4. The zero-order chi connectivity index (χ0) is 25.1. The van der Waals surface area contributed by atoms with Gasteiger partial charge in [0.1, 0.15) is 17.7 Å². The van der Waals surface area contributed by atoms with E-state index in [0.29, 0.717) is 17.5 Å². The van der Waals surface area contributed by atoms with Gasteiger partial charge < -0.3 is 19.5 Å². The highest BCUT2D eigenvalue weighted by atomic mass is 35.5. The minimum Gasteiger partial charge on any atom is -0.493 e. The van der Waals surface area contributed by atoms with Gasteiger partial charge in [-0.2, -0.15) is 0 Å². The number of hydrogen-bond acceptors (Lipinski definition) is 5. The molecule has 0 aliphatic carbocycles. The Balaban J connectivity index is 2.03. The van der Waals surface area contributed by atoms with Crippen molar-refractivity contribution in [1.29, 1.82) is 0 Å². The Labute approximate surface area is 189 Å². The lowest BCUT2D eigenvalue weighted by molar-refractivity contribution is -0.274. The van der Waals surface area contributed by atoms with Gasteiger partial charge in [0.15, 0.2) is 17.2 Å². The smallest absolute Gasteiger partial charge is 0.493 e. The summed E-state index contributed by atoms with van der Waals surface area (Å²) in [6, 6.07) is 11.8. The lowest BCUT2D eigenvalue weighted by atomic mass is 10.2. The maximum atomic E-state index is 12.6. The average Bonchev–Trinajstić information content (AvgIpc) is 2.70. The Kier molecular flexibility index (Phi) is 5.63. The number of aldehydes is 1. The largest absolute Gasteiger partial charge is 0.573 e. The fourth-order valence-electron chi connectivity index (χ4n) is 2.55. The van der Waals surface area contributed by atoms with Crippen LogP contribution >= 0.6 is 23.2 Å². The quantitative estimate of drug-likeness (QED) is 0.365. The summed E-state index contributed by atoms with van der Waals surface area (Å²) in [7, 11) is -3.00. The highest BCUT2D eigenvalue weighted by Gasteiger charge is 2.31. The Morgan fingerprint density at radius 2 is 1.84 bits per heavy atom. The molecule has 0 unspecified atom stereocenters. The Bertz CT molecular complexity index is 1210. The molecule has 162 valence electrons. The predicted molar refractivity (Wildman–Crippen MR) is 111 cm³/mol. The molecule has 10 heteroatoms. The monoisotopic (exact) mass is 474 g/mol. The molecule has 3 aromatic carbocycles. The number of hydrogen-bond donors (Lipinski definition) is 1. The SMILES string of the molecule is [2H]C([2H])([2H])Oc1cc(OC(F)(F)F)ccc1Oc1cc(Cl)cc(Cl)c1Nc1cccc(C=O)c1. The first-order valence-electron chi connectivity index (χ1n) is 9.91. The van der Waals surface area contributed by atoms with E-state index in [4.69, 9.17) is 36.8 Å². The van der Waals surface area contributed by atoms with Crippen LogP contribution in [-0.4, -0.2) is 19.7 Å². The van der Waals surface area contributed by atoms with Crippen molar-refractivity contribution < 1.29 is 36.3 Å². The molecule has 0 aliphatic heterocycles. The van der Waals surface area contributed by atoms with Crippen molar-refractivity contribution in [2.45, 2.75) is 6.36 Å². The Hall–Kier alpha value is -3.10. The Morgan fingerprint density at radius 3 is 2.55 bits per heavy atom. The molecule has 31 heavy (non-hydrogen) atoms. The number of methoxy groups -OCH3 is 1. The fraction of sp³-hybridized carbons (Fsp3) is 0.0952. The second-order valence-electron chi connectivity index (χ2n) is 5.99. The van der Waals surface area contributed by atoms with Crippen LogP contribution in [0.2, 0.25) is 10.0 Å². The van der Waals surface area contributed by atoms with Gasteiger partial charge in [0.05, 0.1) is 16.2 Å². The van der Waals surface area contributed by atoms with Crippen molar-refractivity contribution in [1.82, 2.24) is 0 Å². The van der Waals surface area contributed by atoms with Gasteiger partial charge in [-0.3, -0.25) is 4.79 Å². The number of carbonyl (C=O) groups excluding carboxylic acids is 1. The number of alkyl halides is 3. The fourth-order valence-corrected chi connectivity index (χ4v) is 3.08. The number of nitrogens with one attached hydrogen (secondary N) is 1. The van der Waals surface area contributed by atoms with Crippen molar-refractivity contribution in [3.63, 3.8) is 0 Å². The molecule has 0 spiro atoms. The van der Waals surface area contributed by atoms with Crippen molar-refractivity contribution in [3.8, 4) is 23.0 Å². The second-order valence-corrected chi connectivity index (χ2v) is 6.83. The van der Waals surface area contributed by atoms with E-state index < -0.39 is 24.9 Å². The molecule has 0 heterocycles. The molecule has 0 fully saturated rings. The number of halogens is 5. The molecule has 3 aromatic rings. The van der Waals surface area contributed by atoms with E-state index in [1.807, 2.05) is 0 Å². The third kappa shape index (κ3) is 5.96. The van der Waals surface area contributed by atoms with E-state index in [2.05, 4.69) is 10.1 Å². The number of anilines is 2. The standard InChI is InChI=1S/C21H14Cl2F3NO4/c1-29-18-10-15(31-21(24,25)26)5-6-17(18)30-19-9-13(22)8-16(23)20(19)27-14-4-2-3-12(7-14)11-28/h2-11,27H,1H3/i1D3. The lowest BCUT2D eigenvalue weighted by Crippen LogP contribution is -2.17. The van der Waals surface area contributed by atoms with E-state index >= 15 is 0 Å². The molecule has 0 atom stereocenters. The summed E-state index contributed by atoms with van der Waals surface area (Å²) in [5.74, 6) is -1.53. The number of benzene rings is 3. The van der Waals surface area contributed by atoms with E-state index in [-0.39, 0.29) is 27.2 Å². The van der Waals surface area contributed by atoms with Crippen LogP contribution in [0, 0.1) is 0 Å². The molecular weight excluding hydrogens is 458 g/mol. The minimum absolute atomic E-state index is 0.00566. The first-order valence-corrected chi connectivity index (χ1v) is 9.16. The zero-order valence-electron chi connectivity index (χ0n) is 18.3. The van der Waals surface area contributed by atoms with E-state index in [0.717, 1.165) is 18.2 Å². The molecule has 0 radical (unpaired) electrons. The lowest BCUT2D eigenvalue weighted by Gasteiger charge is -2.17. The first kappa shape index (κ1) is 18.7. The van der Waals surface area contributed by atoms with Crippen LogP contribution in [0.3, 0.4) is 0 Å². The summed E-state index contributed by atoms with van der Waals surface area (Å²) in [5.41, 5.74) is 1.03. The second kappa shape index (κ2) is 9.36. The van der Waals surface area contributed by atoms with Gasteiger partial charge in [0, 0.05) is 28.4 Å². The van der Waals surface area contributed by atoms with Gasteiger partial charge in [0.25, 0.3) is 0 Å². The summed E-state index contributed by atoms with van der Waals surface area (Å²) in [6.45, 7) is 0. The molecule has 1 N–H and O–H groups in total. The van der Waals surface area contributed by atoms with Gasteiger partial charge in [-0.15, -0.1) is 13.2 Å². The summed E-state index contributed by atoms with van der Waals surface area (Å²) >= 11 is 12.4. The maximum Gasteiger partial charge on any atom is 0.573 e. The molecule has 3 rings (SSSR count). The summed E-state index contributed by atoms with van der Waals surface area (Å²) < 4.78 is 74.1. The van der Waals surface area contributed by atoms with E-state index in [1.165, 1.54) is 18.2 Å². The van der Waals surface area contributed by atoms with Crippen LogP contribution < -0.4 is 19.5 Å². The Morgan fingerprint density at radius 1 is 1.03 bits per heavy atom. The van der Waals surface area contributed by atoms with Crippen LogP contribution in [-0.2, 0) is 0 Å². The average molecular weight is 475 g/mol. The summed E-state index contributed by atoms with van der Waals surface area (Å²) in [4.78, 5) is 11.1. The maximum absolute atomic E-state index is 12.6. The van der Waals surface area contributed by atoms with Crippen molar-refractivity contribution in [3.05, 3.63) is 70.2 Å². The van der Waals surface area contributed by atoms with Crippen molar-refractivity contribution >= 4 is 40.9 Å². The number of rotatable bonds is 7. The van der Waals surface area contributed by atoms with Crippen molar-refractivity contribution in [2.75, 3.05) is 12.4 Å². The van der Waals surface area contributed by atoms with Crippen LogP contribution in [0.15, 0.2) is 54.6 Å². The molecule has 0 aromatic heterocycles. The number of ether oxygens (including phenoxy) is 3. The predicted octanol–water partition coefficient (Wildman–Crippen LogP) is 7.25. The normalized spacial score (nSPS) is 12.9. The minimum atomic E-state index is -5.01. The molecule has 0 saturated carbocycles. The molecule has 5 nitrogen and oxygen atoms in total. The van der Waals surface area contributed by atoms with Gasteiger partial charge in [-0.25, -0.2) is 0 Å². The van der Waals surface area contributed by atoms with Crippen LogP contribution in [0.25, 0.3) is 0 Å². The topological polar surface area (TPSA) is 56.8 Å². The zero-order valence-corrected chi connectivity index (χ0v) is 16.8. The first-order chi connectivity index (χ1) is 15.8. The van der Waals surface area contributed by atoms with Crippen molar-refractivity contribution in [2.24, 2.45) is 0 Å². The van der Waals surface area contributed by atoms with E-state index in [1.54, 1.807) is 18.2 Å². The van der Waals surface area contributed by atoms with Gasteiger partial charge in [-0.05, 0) is 30.3 Å². The van der Waals surface area contributed by atoms with Gasteiger partial charge in [0.2, 0.25) is 0 Å². The third-order valence-electron chi connectivity index (χ3n) is 3.79. The third-order valence-corrected chi connectivity index (χ3v) is 4.31. The molecule has 0 amide bonds. The summed E-state index contributed by atoms with van der Waals surface area (Å²) in [6.07, 6.45) is -4.36. The van der Waals surface area contributed by atoms with Crippen LogP contribution in [0.5, 0.6) is 23.0 Å². The van der Waals surface area contributed by atoms with Crippen LogP contribution in [0.1, 0.15) is 14.5 Å². The molecule has 0 bridgehead atoms. The van der Waals surface area contributed by atoms with Gasteiger partial charge in [-0.1, -0.05) is 35.3 Å². The van der Waals surface area contributed by atoms with Crippen LogP contribution in [0.4, 0.5) is 24.5 Å². The number of carbonyl (C=O) groups is 1. The molecule has 0 aliphatic rings. The molecule has 0 saturated heterocycles. The highest BCUT2D eigenvalue weighted by Crippen LogP contribution is 2.43. The van der Waals surface area contributed by atoms with Gasteiger partial charge >= 0.3 is 6.36 Å². The van der Waals surface area contributed by atoms with E-state index in [9.17, 15) is 18.0 Å². The highest BCUT2D eigenvalue weighted by molar-refractivity contribution is 6.37.